The maximum Gasteiger partial charge on any atom is 0.0900 e. The van der Waals surface area contributed by atoms with Gasteiger partial charge in [0.25, 0.3) is 0 Å². The number of fused-ring (bicyclic) bond motifs is 2. The van der Waals surface area contributed by atoms with Crippen LogP contribution in [0.4, 0.5) is 0 Å². The molecule has 2 bridgehead atoms. The van der Waals surface area contributed by atoms with Crippen LogP contribution in [-0.4, -0.2) is 74.3 Å². The van der Waals surface area contributed by atoms with E-state index in [4.69, 9.17) is 9.47 Å². The van der Waals surface area contributed by atoms with Gasteiger partial charge >= 0.3 is 0 Å². The molecule has 20 heavy (non-hydrogen) atoms. The van der Waals surface area contributed by atoms with Crippen LogP contribution in [0.3, 0.4) is 0 Å². The van der Waals surface area contributed by atoms with Gasteiger partial charge in [-0.3, -0.25) is 0 Å². The third-order valence-corrected chi connectivity index (χ3v) is 4.54. The Morgan fingerprint density at radius 3 is 2.50 bits per heavy atom. The van der Waals surface area contributed by atoms with Gasteiger partial charge in [0.2, 0.25) is 0 Å². The van der Waals surface area contributed by atoms with Crippen LogP contribution in [0.25, 0.3) is 0 Å². The SMILES string of the molecule is COCC(C)OCC(O)CN(C)C1CC2CCC(C1)N2. The van der Waals surface area contributed by atoms with E-state index in [0.29, 0.717) is 37.9 Å². The van der Waals surface area contributed by atoms with Crippen molar-refractivity contribution >= 4 is 0 Å². The van der Waals surface area contributed by atoms with Crippen LogP contribution in [0.5, 0.6) is 0 Å². The first-order valence-electron chi connectivity index (χ1n) is 7.83. The van der Waals surface area contributed by atoms with Crippen LogP contribution in [-0.2, 0) is 9.47 Å². The Labute approximate surface area is 122 Å². The van der Waals surface area contributed by atoms with Gasteiger partial charge in [0.15, 0.2) is 0 Å². The Bertz CT molecular complexity index is 278. The Morgan fingerprint density at radius 2 is 1.90 bits per heavy atom. The molecule has 5 nitrogen and oxygen atoms in total. The number of hydrogen-bond acceptors (Lipinski definition) is 5. The van der Waals surface area contributed by atoms with Gasteiger partial charge in [-0.05, 0) is 39.7 Å². The first kappa shape index (κ1) is 16.2. The normalized spacial score (nSPS) is 32.5. The number of likely N-dealkylation sites (N-methyl/N-ethyl adjacent to an activating group) is 1. The average Bonchev–Trinajstić information content (AvgIpc) is 2.75. The fourth-order valence-corrected chi connectivity index (χ4v) is 3.48. The van der Waals surface area contributed by atoms with Gasteiger partial charge in [0.05, 0.1) is 25.4 Å². The summed E-state index contributed by atoms with van der Waals surface area (Å²) in [6, 6.07) is 1.98. The Kier molecular flexibility index (Phi) is 6.23. The molecule has 2 fully saturated rings. The number of hydrogen-bond donors (Lipinski definition) is 2. The molecule has 0 amide bonds. The summed E-state index contributed by atoms with van der Waals surface area (Å²) in [5.41, 5.74) is 0. The second kappa shape index (κ2) is 7.71. The molecule has 0 aromatic rings. The highest BCUT2D eigenvalue weighted by Crippen LogP contribution is 2.29. The molecule has 2 rings (SSSR count). The van der Waals surface area contributed by atoms with Crippen molar-refractivity contribution in [2.24, 2.45) is 0 Å². The number of ether oxygens (including phenoxy) is 2. The maximum absolute atomic E-state index is 10.1. The van der Waals surface area contributed by atoms with E-state index in [9.17, 15) is 5.11 Å². The number of aliphatic hydroxyl groups excluding tert-OH is 1. The van der Waals surface area contributed by atoms with E-state index in [-0.39, 0.29) is 6.10 Å². The van der Waals surface area contributed by atoms with E-state index in [1.807, 2.05) is 6.92 Å². The summed E-state index contributed by atoms with van der Waals surface area (Å²) < 4.78 is 10.6. The molecule has 2 saturated heterocycles. The molecule has 0 aromatic heterocycles. The van der Waals surface area contributed by atoms with Crippen molar-refractivity contribution in [1.82, 2.24) is 10.2 Å². The van der Waals surface area contributed by atoms with E-state index in [2.05, 4.69) is 17.3 Å². The molecule has 5 heteroatoms. The lowest BCUT2D eigenvalue weighted by atomic mass is 9.98. The minimum atomic E-state index is -0.424. The third-order valence-electron chi connectivity index (χ3n) is 4.54. The van der Waals surface area contributed by atoms with Crippen molar-refractivity contribution in [3.05, 3.63) is 0 Å². The lowest BCUT2D eigenvalue weighted by Crippen LogP contribution is -2.49. The zero-order valence-electron chi connectivity index (χ0n) is 13.0. The van der Waals surface area contributed by atoms with Gasteiger partial charge in [0, 0.05) is 31.8 Å². The van der Waals surface area contributed by atoms with E-state index >= 15 is 0 Å². The van der Waals surface area contributed by atoms with Crippen molar-refractivity contribution in [3.63, 3.8) is 0 Å². The van der Waals surface area contributed by atoms with Crippen LogP contribution in [0, 0.1) is 0 Å². The molecule has 0 aliphatic carbocycles. The molecule has 2 heterocycles. The first-order chi connectivity index (χ1) is 9.58. The van der Waals surface area contributed by atoms with Crippen molar-refractivity contribution in [1.29, 1.82) is 0 Å². The van der Waals surface area contributed by atoms with Gasteiger partial charge < -0.3 is 24.8 Å². The van der Waals surface area contributed by atoms with Crippen molar-refractivity contribution in [2.45, 2.75) is 62.9 Å². The minimum Gasteiger partial charge on any atom is -0.389 e. The number of piperidine rings is 1. The lowest BCUT2D eigenvalue weighted by molar-refractivity contribution is -0.0419. The van der Waals surface area contributed by atoms with E-state index in [1.165, 1.54) is 25.7 Å². The van der Waals surface area contributed by atoms with Crippen molar-refractivity contribution < 1.29 is 14.6 Å². The van der Waals surface area contributed by atoms with Crippen LogP contribution in [0.1, 0.15) is 32.6 Å². The summed E-state index contributed by atoms with van der Waals surface area (Å²) in [5, 5.41) is 13.7. The molecule has 0 saturated carbocycles. The minimum absolute atomic E-state index is 0.0367. The lowest BCUT2D eigenvalue weighted by Gasteiger charge is -2.36. The predicted octanol–water partition coefficient (Wildman–Crippen LogP) is 0.614. The zero-order chi connectivity index (χ0) is 14.5. The van der Waals surface area contributed by atoms with E-state index in [1.54, 1.807) is 7.11 Å². The molecule has 4 unspecified atom stereocenters. The summed E-state index contributed by atoms with van der Waals surface area (Å²) in [7, 11) is 3.78. The molecule has 4 atom stereocenters. The molecule has 2 aliphatic heterocycles. The summed E-state index contributed by atoms with van der Waals surface area (Å²) in [5.74, 6) is 0. The highest BCUT2D eigenvalue weighted by atomic mass is 16.5. The van der Waals surface area contributed by atoms with Gasteiger partial charge in [-0.25, -0.2) is 0 Å². The topological polar surface area (TPSA) is 54.0 Å². The van der Waals surface area contributed by atoms with Gasteiger partial charge in [-0.15, -0.1) is 0 Å². The molecule has 0 aromatic carbocycles. The first-order valence-corrected chi connectivity index (χ1v) is 7.83. The predicted molar refractivity (Wildman–Crippen MR) is 78.9 cm³/mol. The summed E-state index contributed by atoms with van der Waals surface area (Å²) in [4.78, 5) is 2.31. The summed E-state index contributed by atoms with van der Waals surface area (Å²) >= 11 is 0. The number of nitrogens with one attached hydrogen (secondary N) is 1. The fraction of sp³-hybridized carbons (Fsp3) is 1.00. The zero-order valence-corrected chi connectivity index (χ0v) is 13.0. The molecule has 0 radical (unpaired) electrons. The molecule has 118 valence electrons. The smallest absolute Gasteiger partial charge is 0.0900 e. The Hall–Kier alpha value is -0.200. The maximum atomic E-state index is 10.1. The number of aliphatic hydroxyl groups is 1. The summed E-state index contributed by atoms with van der Waals surface area (Å²) in [6.07, 6.45) is 4.66. The molecular formula is C15H30N2O3. The van der Waals surface area contributed by atoms with Crippen molar-refractivity contribution in [2.75, 3.05) is 33.9 Å². The third kappa shape index (κ3) is 4.67. The Balaban J connectivity index is 1.67. The molecular weight excluding hydrogens is 256 g/mol. The molecule has 2 N–H and O–H groups in total. The van der Waals surface area contributed by atoms with E-state index in [0.717, 1.165) is 0 Å². The van der Waals surface area contributed by atoms with Gasteiger partial charge in [-0.2, -0.15) is 0 Å². The Morgan fingerprint density at radius 1 is 1.25 bits per heavy atom. The van der Waals surface area contributed by atoms with Crippen LogP contribution >= 0.6 is 0 Å². The van der Waals surface area contributed by atoms with Crippen molar-refractivity contribution in [3.8, 4) is 0 Å². The number of nitrogens with zero attached hydrogens (tertiary/aromatic N) is 1. The van der Waals surface area contributed by atoms with Crippen LogP contribution in [0.2, 0.25) is 0 Å². The van der Waals surface area contributed by atoms with Gasteiger partial charge in [0.1, 0.15) is 0 Å². The van der Waals surface area contributed by atoms with E-state index < -0.39 is 6.10 Å². The number of rotatable bonds is 8. The monoisotopic (exact) mass is 286 g/mol. The highest BCUT2D eigenvalue weighted by Gasteiger charge is 2.35. The summed E-state index contributed by atoms with van der Waals surface area (Å²) in [6.45, 7) is 3.60. The standard InChI is InChI=1S/C15H30N2O3/c1-11(9-19-3)20-10-15(18)8-17(2)14-6-12-4-5-13(7-14)16-12/h11-16,18H,4-10H2,1-3H3. The average molecular weight is 286 g/mol. The molecule has 2 aliphatic rings. The second-order valence-corrected chi connectivity index (χ2v) is 6.46. The largest absolute Gasteiger partial charge is 0.389 e. The van der Waals surface area contributed by atoms with Crippen LogP contribution < -0.4 is 5.32 Å². The fourth-order valence-electron chi connectivity index (χ4n) is 3.48. The highest BCUT2D eigenvalue weighted by molar-refractivity contribution is 4.95. The van der Waals surface area contributed by atoms with Gasteiger partial charge in [-0.1, -0.05) is 0 Å². The quantitative estimate of drug-likeness (QED) is 0.685. The second-order valence-electron chi connectivity index (χ2n) is 6.46. The van der Waals surface area contributed by atoms with Crippen LogP contribution in [0.15, 0.2) is 0 Å². The molecule has 0 spiro atoms. The number of methoxy groups -OCH3 is 1.